The van der Waals surface area contributed by atoms with Crippen LogP contribution < -0.4 is 14.8 Å². The smallest absolute Gasteiger partial charge is 0.255 e. The lowest BCUT2D eigenvalue weighted by Crippen LogP contribution is -2.12. The van der Waals surface area contributed by atoms with Crippen molar-refractivity contribution in [2.75, 3.05) is 12.4 Å². The summed E-state index contributed by atoms with van der Waals surface area (Å²) >= 11 is 0. The Balaban J connectivity index is 1.64. The topological polar surface area (TPSA) is 60.5 Å². The van der Waals surface area contributed by atoms with Crippen LogP contribution in [0.2, 0.25) is 0 Å². The monoisotopic (exact) mass is 376 g/mol. The van der Waals surface area contributed by atoms with Gasteiger partial charge in [0.1, 0.15) is 11.5 Å². The second-order valence-electron chi connectivity index (χ2n) is 7.45. The number of pyridine rings is 1. The van der Waals surface area contributed by atoms with Gasteiger partial charge >= 0.3 is 0 Å². The van der Waals surface area contributed by atoms with Gasteiger partial charge in [0.05, 0.1) is 19.0 Å². The molecule has 0 spiro atoms. The summed E-state index contributed by atoms with van der Waals surface area (Å²) in [5.41, 5.74) is 2.43. The van der Waals surface area contributed by atoms with Gasteiger partial charge in [0.15, 0.2) is 0 Å². The summed E-state index contributed by atoms with van der Waals surface area (Å²) in [5.74, 6) is 1.58. The number of methoxy groups -OCH3 is 1. The first kappa shape index (κ1) is 19.4. The van der Waals surface area contributed by atoms with Gasteiger partial charge in [-0.1, -0.05) is 39.0 Å². The normalized spacial score (nSPS) is 11.0. The van der Waals surface area contributed by atoms with Gasteiger partial charge in [-0.25, -0.2) is 4.98 Å². The zero-order valence-electron chi connectivity index (χ0n) is 16.5. The number of carbonyl (C=O) groups excluding carboxylic acids is 1. The fourth-order valence-corrected chi connectivity index (χ4v) is 2.63. The summed E-state index contributed by atoms with van der Waals surface area (Å²) in [7, 11) is 1.57. The third-order valence-electron chi connectivity index (χ3n) is 4.27. The van der Waals surface area contributed by atoms with Crippen molar-refractivity contribution in [3.63, 3.8) is 0 Å². The van der Waals surface area contributed by atoms with Crippen molar-refractivity contribution < 1.29 is 14.3 Å². The molecule has 5 nitrogen and oxygen atoms in total. The van der Waals surface area contributed by atoms with E-state index in [4.69, 9.17) is 9.47 Å². The van der Waals surface area contributed by atoms with E-state index in [2.05, 4.69) is 43.2 Å². The van der Waals surface area contributed by atoms with Gasteiger partial charge in [0.2, 0.25) is 5.88 Å². The largest absolute Gasteiger partial charge is 0.497 e. The second-order valence-corrected chi connectivity index (χ2v) is 7.45. The Morgan fingerprint density at radius 1 is 0.964 bits per heavy atom. The van der Waals surface area contributed by atoms with E-state index >= 15 is 0 Å². The molecule has 1 aromatic heterocycles. The van der Waals surface area contributed by atoms with Gasteiger partial charge in [-0.3, -0.25) is 4.79 Å². The maximum absolute atomic E-state index is 12.3. The van der Waals surface area contributed by atoms with Gasteiger partial charge in [-0.2, -0.15) is 0 Å². The number of carbonyl (C=O) groups is 1. The molecule has 0 fully saturated rings. The number of benzene rings is 2. The number of ether oxygens (including phenoxy) is 2. The van der Waals surface area contributed by atoms with Crippen molar-refractivity contribution in [3.8, 4) is 17.4 Å². The molecule has 3 rings (SSSR count). The lowest BCUT2D eigenvalue weighted by molar-refractivity contribution is 0.102. The predicted octanol–water partition coefficient (Wildman–Crippen LogP) is 5.43. The molecular weight excluding hydrogens is 352 g/mol. The zero-order chi connectivity index (χ0) is 20.1. The highest BCUT2D eigenvalue weighted by Gasteiger charge is 2.13. The zero-order valence-corrected chi connectivity index (χ0v) is 16.5. The van der Waals surface area contributed by atoms with Crippen LogP contribution in [0.1, 0.15) is 36.7 Å². The summed E-state index contributed by atoms with van der Waals surface area (Å²) in [6.45, 7) is 6.51. The second kappa shape index (κ2) is 8.13. The lowest BCUT2D eigenvalue weighted by Gasteiger charge is -2.19. The van der Waals surface area contributed by atoms with E-state index in [-0.39, 0.29) is 11.3 Å². The molecule has 5 heteroatoms. The minimum Gasteiger partial charge on any atom is -0.497 e. The van der Waals surface area contributed by atoms with E-state index in [0.717, 1.165) is 0 Å². The number of amides is 1. The minimum atomic E-state index is -0.230. The number of anilines is 1. The molecule has 0 aliphatic rings. The number of hydrogen-bond donors (Lipinski definition) is 1. The molecule has 0 bridgehead atoms. The van der Waals surface area contributed by atoms with Crippen molar-refractivity contribution in [2.45, 2.75) is 26.2 Å². The molecule has 144 valence electrons. The maximum Gasteiger partial charge on any atom is 0.255 e. The highest BCUT2D eigenvalue weighted by molar-refractivity contribution is 6.04. The SMILES string of the molecule is COc1cccc(C(=O)Nc2ccc(Oc3ccc(C(C)(C)C)cc3)nc2)c1. The molecular formula is C23H24N2O3. The Kier molecular flexibility index (Phi) is 5.64. The van der Waals surface area contributed by atoms with Crippen molar-refractivity contribution in [1.29, 1.82) is 0 Å². The number of nitrogens with one attached hydrogen (secondary N) is 1. The number of hydrogen-bond acceptors (Lipinski definition) is 4. The van der Waals surface area contributed by atoms with Crippen LogP contribution in [0.25, 0.3) is 0 Å². The van der Waals surface area contributed by atoms with E-state index < -0.39 is 0 Å². The van der Waals surface area contributed by atoms with Crippen molar-refractivity contribution >= 4 is 11.6 Å². The number of aromatic nitrogens is 1. The van der Waals surface area contributed by atoms with Gasteiger partial charge in [0.25, 0.3) is 5.91 Å². The Morgan fingerprint density at radius 3 is 2.32 bits per heavy atom. The van der Waals surface area contributed by atoms with Crippen LogP contribution in [-0.4, -0.2) is 18.0 Å². The highest BCUT2D eigenvalue weighted by atomic mass is 16.5. The lowest BCUT2D eigenvalue weighted by atomic mass is 9.87. The molecule has 28 heavy (non-hydrogen) atoms. The van der Waals surface area contributed by atoms with Crippen LogP contribution in [0.15, 0.2) is 66.9 Å². The predicted molar refractivity (Wildman–Crippen MR) is 110 cm³/mol. The Morgan fingerprint density at radius 2 is 1.71 bits per heavy atom. The van der Waals surface area contributed by atoms with E-state index in [1.807, 2.05) is 12.1 Å². The molecule has 1 amide bonds. The summed E-state index contributed by atoms with van der Waals surface area (Å²) in [6.07, 6.45) is 1.57. The third kappa shape index (κ3) is 4.88. The van der Waals surface area contributed by atoms with Crippen LogP contribution in [0, 0.1) is 0 Å². The highest BCUT2D eigenvalue weighted by Crippen LogP contribution is 2.26. The molecule has 0 radical (unpaired) electrons. The van der Waals surface area contributed by atoms with Crippen LogP contribution >= 0.6 is 0 Å². The Bertz CT molecular complexity index is 943. The quantitative estimate of drug-likeness (QED) is 0.645. The number of rotatable bonds is 5. The average molecular weight is 376 g/mol. The van der Waals surface area contributed by atoms with Crippen LogP contribution in [0.3, 0.4) is 0 Å². The molecule has 1 heterocycles. The van der Waals surface area contributed by atoms with Gasteiger partial charge in [0, 0.05) is 11.6 Å². The summed E-state index contributed by atoms with van der Waals surface area (Å²) in [4.78, 5) is 16.6. The molecule has 1 N–H and O–H groups in total. The van der Waals surface area contributed by atoms with E-state index in [0.29, 0.717) is 28.6 Å². The van der Waals surface area contributed by atoms with Gasteiger partial charge < -0.3 is 14.8 Å². The third-order valence-corrected chi connectivity index (χ3v) is 4.27. The summed E-state index contributed by atoms with van der Waals surface area (Å²) in [5, 5.41) is 2.81. The standard InChI is InChI=1S/C23H24N2O3/c1-23(2,3)17-8-11-19(12-9-17)28-21-13-10-18(15-24-21)25-22(26)16-6-5-7-20(14-16)27-4/h5-15H,1-4H3,(H,25,26). The minimum absolute atomic E-state index is 0.0966. The molecule has 0 saturated carbocycles. The average Bonchev–Trinajstić information content (AvgIpc) is 2.69. The first-order chi connectivity index (χ1) is 13.3. The fraction of sp³-hybridized carbons (Fsp3) is 0.217. The first-order valence-corrected chi connectivity index (χ1v) is 9.05. The summed E-state index contributed by atoms with van der Waals surface area (Å²) in [6, 6.07) is 18.4. The van der Waals surface area contributed by atoms with Crippen LogP contribution in [0.5, 0.6) is 17.4 Å². The van der Waals surface area contributed by atoms with Gasteiger partial charge in [-0.05, 0) is 47.4 Å². The van der Waals surface area contributed by atoms with Crippen LogP contribution in [0.4, 0.5) is 5.69 Å². The van der Waals surface area contributed by atoms with Crippen molar-refractivity contribution in [1.82, 2.24) is 4.98 Å². The fourth-order valence-electron chi connectivity index (χ4n) is 2.63. The first-order valence-electron chi connectivity index (χ1n) is 9.05. The van der Waals surface area contributed by atoms with E-state index in [1.54, 1.807) is 49.7 Å². The van der Waals surface area contributed by atoms with Crippen LogP contribution in [-0.2, 0) is 5.41 Å². The molecule has 0 aliphatic carbocycles. The maximum atomic E-state index is 12.3. The van der Waals surface area contributed by atoms with E-state index in [1.165, 1.54) is 5.56 Å². The van der Waals surface area contributed by atoms with Crippen molar-refractivity contribution in [2.24, 2.45) is 0 Å². The van der Waals surface area contributed by atoms with Gasteiger partial charge in [-0.15, -0.1) is 0 Å². The molecule has 0 unspecified atom stereocenters. The molecule has 0 aliphatic heterocycles. The van der Waals surface area contributed by atoms with E-state index in [9.17, 15) is 4.79 Å². The molecule has 3 aromatic rings. The molecule has 0 atom stereocenters. The number of nitrogens with zero attached hydrogens (tertiary/aromatic N) is 1. The molecule has 0 saturated heterocycles. The molecule has 2 aromatic carbocycles. The Hall–Kier alpha value is -3.34. The summed E-state index contributed by atoms with van der Waals surface area (Å²) < 4.78 is 10.9. The Labute approximate surface area is 165 Å². The van der Waals surface area contributed by atoms with Crippen molar-refractivity contribution in [3.05, 3.63) is 78.0 Å².